The molecule has 0 radical (unpaired) electrons. The zero-order valence-electron chi connectivity index (χ0n) is 19.2. The number of anilines is 1. The second kappa shape index (κ2) is 8.94. The second-order valence-corrected chi connectivity index (χ2v) is 10.1. The van der Waals surface area contributed by atoms with Crippen LogP contribution in [0.2, 0.25) is 0 Å². The standard InChI is InChI=1S/C25H26N6O3S/c32-20-15-30(12-8-26-20)16-13-17-22(33)21(24(34)27-7-11-29-9-3-4-10-29)25-31(23(17)28-14-16)18-5-1-2-6-19(18)35-25/h1-2,5-6,13-14H,3-4,7-12,15H2,(H,26,32)(H,27,34). The minimum Gasteiger partial charge on any atom is -0.359 e. The lowest BCUT2D eigenvalue weighted by Gasteiger charge is -2.28. The van der Waals surface area contributed by atoms with E-state index in [1.807, 2.05) is 33.6 Å². The van der Waals surface area contributed by atoms with Crippen LogP contribution in [0.5, 0.6) is 0 Å². The molecular formula is C25H26N6O3S. The van der Waals surface area contributed by atoms with E-state index in [9.17, 15) is 14.4 Å². The normalized spacial score (nSPS) is 16.9. The Labute approximate surface area is 205 Å². The van der Waals surface area contributed by atoms with Gasteiger partial charge in [-0.2, -0.15) is 0 Å². The van der Waals surface area contributed by atoms with Crippen molar-refractivity contribution in [1.82, 2.24) is 24.9 Å². The highest BCUT2D eigenvalue weighted by Crippen LogP contribution is 2.31. The minimum atomic E-state index is -0.358. The lowest BCUT2D eigenvalue weighted by molar-refractivity contribution is -0.120. The van der Waals surface area contributed by atoms with E-state index in [2.05, 4.69) is 20.5 Å². The third kappa shape index (κ3) is 3.92. The van der Waals surface area contributed by atoms with Gasteiger partial charge in [-0.25, -0.2) is 4.98 Å². The molecule has 35 heavy (non-hydrogen) atoms. The quantitative estimate of drug-likeness (QED) is 0.443. The third-order valence-electron chi connectivity index (χ3n) is 6.81. The summed E-state index contributed by atoms with van der Waals surface area (Å²) in [5, 5.41) is 6.17. The first-order valence-electron chi connectivity index (χ1n) is 12.0. The summed E-state index contributed by atoms with van der Waals surface area (Å²) in [4.78, 5) is 48.5. The molecule has 2 saturated heterocycles. The summed E-state index contributed by atoms with van der Waals surface area (Å²) in [6, 6.07) is 9.61. The highest BCUT2D eigenvalue weighted by atomic mass is 32.1. The predicted molar refractivity (Wildman–Crippen MR) is 138 cm³/mol. The molecule has 9 nitrogen and oxygen atoms in total. The maximum Gasteiger partial charge on any atom is 0.258 e. The summed E-state index contributed by atoms with van der Waals surface area (Å²) < 4.78 is 2.89. The molecule has 4 aromatic rings. The van der Waals surface area contributed by atoms with E-state index < -0.39 is 0 Å². The van der Waals surface area contributed by atoms with Gasteiger partial charge in [0.05, 0.1) is 34.0 Å². The number of aromatic nitrogens is 2. The van der Waals surface area contributed by atoms with Gasteiger partial charge in [-0.1, -0.05) is 12.1 Å². The van der Waals surface area contributed by atoms with Gasteiger partial charge in [-0.05, 0) is 44.1 Å². The number of carbonyl (C=O) groups excluding carboxylic acids is 2. The lowest BCUT2D eigenvalue weighted by atomic mass is 10.1. The Bertz CT molecular complexity index is 1520. The number of nitrogens with zero attached hydrogens (tertiary/aromatic N) is 4. The van der Waals surface area contributed by atoms with Crippen molar-refractivity contribution in [2.24, 2.45) is 0 Å². The van der Waals surface area contributed by atoms with Crippen LogP contribution < -0.4 is 21.0 Å². The fourth-order valence-electron chi connectivity index (χ4n) is 5.04. The molecule has 0 aliphatic carbocycles. The predicted octanol–water partition coefficient (Wildman–Crippen LogP) is 1.82. The first kappa shape index (κ1) is 22.0. The van der Waals surface area contributed by atoms with E-state index in [4.69, 9.17) is 0 Å². The topological polar surface area (TPSA) is 99.0 Å². The van der Waals surface area contributed by atoms with Gasteiger partial charge in [0.2, 0.25) is 11.3 Å². The Morgan fingerprint density at radius 1 is 1.14 bits per heavy atom. The van der Waals surface area contributed by atoms with Gasteiger partial charge in [-0.3, -0.25) is 18.8 Å². The van der Waals surface area contributed by atoms with Gasteiger partial charge in [0, 0.05) is 26.2 Å². The molecule has 3 aromatic heterocycles. The van der Waals surface area contributed by atoms with Crippen molar-refractivity contribution >= 4 is 54.9 Å². The van der Waals surface area contributed by atoms with Crippen LogP contribution in [0.25, 0.3) is 26.1 Å². The smallest absolute Gasteiger partial charge is 0.258 e. The monoisotopic (exact) mass is 490 g/mol. The number of hydrogen-bond acceptors (Lipinski definition) is 7. The van der Waals surface area contributed by atoms with Crippen molar-refractivity contribution in [3.8, 4) is 0 Å². The molecule has 0 bridgehead atoms. The molecule has 5 heterocycles. The molecule has 2 N–H and O–H groups in total. The van der Waals surface area contributed by atoms with E-state index in [0.717, 1.165) is 29.9 Å². The lowest BCUT2D eigenvalue weighted by Crippen LogP contribution is -2.47. The fraction of sp³-hybridized carbons (Fsp3) is 0.360. The number of pyridine rings is 2. The van der Waals surface area contributed by atoms with Crippen molar-refractivity contribution in [3.63, 3.8) is 0 Å². The zero-order chi connectivity index (χ0) is 23.9. The number of rotatable bonds is 5. The average Bonchev–Trinajstić information content (AvgIpc) is 3.52. The summed E-state index contributed by atoms with van der Waals surface area (Å²) in [7, 11) is 0. The average molecular weight is 491 g/mol. The molecular weight excluding hydrogens is 464 g/mol. The van der Waals surface area contributed by atoms with Gasteiger partial charge in [-0.15, -0.1) is 11.3 Å². The number of thiazole rings is 1. The molecule has 0 saturated carbocycles. The molecule has 2 fully saturated rings. The Hall–Kier alpha value is -3.50. The Balaban J connectivity index is 1.47. The molecule has 2 aliphatic rings. The van der Waals surface area contributed by atoms with Gasteiger partial charge in [0.15, 0.2) is 0 Å². The van der Waals surface area contributed by atoms with Crippen LogP contribution in [0.4, 0.5) is 5.69 Å². The van der Waals surface area contributed by atoms with E-state index in [0.29, 0.717) is 41.2 Å². The first-order valence-corrected chi connectivity index (χ1v) is 12.8. The summed E-state index contributed by atoms with van der Waals surface area (Å²) in [6.45, 7) is 4.76. The maximum atomic E-state index is 13.8. The third-order valence-corrected chi connectivity index (χ3v) is 7.95. The van der Waals surface area contributed by atoms with Gasteiger partial charge in [0.25, 0.3) is 5.91 Å². The van der Waals surface area contributed by atoms with Crippen LogP contribution in [-0.2, 0) is 4.79 Å². The number of nitrogens with one attached hydrogen (secondary N) is 2. The van der Waals surface area contributed by atoms with Crippen LogP contribution in [0.3, 0.4) is 0 Å². The largest absolute Gasteiger partial charge is 0.359 e. The van der Waals surface area contributed by atoms with Crippen LogP contribution in [0.1, 0.15) is 23.2 Å². The number of para-hydroxylation sites is 1. The van der Waals surface area contributed by atoms with E-state index in [1.165, 1.54) is 24.2 Å². The Morgan fingerprint density at radius 2 is 1.97 bits per heavy atom. The number of likely N-dealkylation sites (tertiary alicyclic amines) is 1. The maximum absolute atomic E-state index is 13.8. The van der Waals surface area contributed by atoms with Crippen LogP contribution in [-0.4, -0.2) is 71.9 Å². The molecule has 2 amide bonds. The second-order valence-electron chi connectivity index (χ2n) is 9.06. The zero-order valence-corrected chi connectivity index (χ0v) is 20.1. The Morgan fingerprint density at radius 3 is 2.80 bits per heavy atom. The van der Waals surface area contributed by atoms with Crippen molar-refractivity contribution in [3.05, 3.63) is 52.3 Å². The molecule has 180 valence electrons. The van der Waals surface area contributed by atoms with Crippen molar-refractivity contribution in [2.75, 3.05) is 50.7 Å². The summed E-state index contributed by atoms with van der Waals surface area (Å²) in [5.74, 6) is -0.423. The van der Waals surface area contributed by atoms with Crippen LogP contribution in [0.15, 0.2) is 41.3 Å². The number of carbonyl (C=O) groups is 2. The van der Waals surface area contributed by atoms with Gasteiger partial charge < -0.3 is 20.4 Å². The number of hydrogen-bond donors (Lipinski definition) is 2. The number of benzene rings is 1. The van der Waals surface area contributed by atoms with Crippen molar-refractivity contribution in [2.45, 2.75) is 12.8 Å². The minimum absolute atomic E-state index is 0.0644. The number of fused-ring (bicyclic) bond motifs is 5. The van der Waals surface area contributed by atoms with Gasteiger partial charge in [0.1, 0.15) is 16.0 Å². The van der Waals surface area contributed by atoms with Crippen LogP contribution in [0, 0.1) is 0 Å². The van der Waals surface area contributed by atoms with E-state index in [-0.39, 0.29) is 29.4 Å². The molecule has 10 heteroatoms. The Kier molecular flexibility index (Phi) is 5.62. The van der Waals surface area contributed by atoms with Crippen LogP contribution >= 0.6 is 11.3 Å². The van der Waals surface area contributed by atoms with Crippen molar-refractivity contribution < 1.29 is 9.59 Å². The first-order chi connectivity index (χ1) is 17.1. The number of piperazine rings is 1. The molecule has 2 aliphatic heterocycles. The molecule has 0 atom stereocenters. The highest BCUT2D eigenvalue weighted by molar-refractivity contribution is 7.24. The molecule has 0 unspecified atom stereocenters. The van der Waals surface area contributed by atoms with Crippen molar-refractivity contribution in [1.29, 1.82) is 0 Å². The van der Waals surface area contributed by atoms with Gasteiger partial charge >= 0.3 is 0 Å². The van der Waals surface area contributed by atoms with E-state index in [1.54, 1.807) is 12.3 Å². The summed E-state index contributed by atoms with van der Waals surface area (Å²) in [6.07, 6.45) is 4.09. The van der Waals surface area contributed by atoms with E-state index >= 15 is 0 Å². The molecule has 0 spiro atoms. The summed E-state index contributed by atoms with van der Waals surface area (Å²) >= 11 is 1.43. The molecule has 1 aromatic carbocycles. The highest BCUT2D eigenvalue weighted by Gasteiger charge is 2.24. The molecule has 6 rings (SSSR count). The SMILES string of the molecule is O=C1CN(c2cnc3c(c2)c(=O)c(C(=O)NCCN2CCCC2)c2sc4ccccc4n23)CCN1. The number of amides is 2. The summed E-state index contributed by atoms with van der Waals surface area (Å²) in [5.41, 5.74) is 1.93. The fourth-order valence-corrected chi connectivity index (χ4v) is 6.22.